The molecule has 10 aromatic heterocycles. The minimum absolute atomic E-state index is 0.202. The predicted molar refractivity (Wildman–Crippen MR) is 504 cm³/mol. The number of fused-ring (bicyclic) bond motifs is 18. The fraction of sp³-hybridized carbons (Fsp3) is 0.255. The number of furan rings is 5. The lowest BCUT2D eigenvalue weighted by molar-refractivity contribution is 0.263. The van der Waals surface area contributed by atoms with Gasteiger partial charge >= 0.3 is 0 Å². The number of hydrogen-bond donors (Lipinski definition) is 0. The first-order valence-corrected chi connectivity index (χ1v) is 42.2. The topological polar surface area (TPSA) is 175 Å². The fourth-order valence-corrected chi connectivity index (χ4v) is 18.9. The predicted octanol–water partition coefficient (Wildman–Crippen LogP) is 25.1. The summed E-state index contributed by atoms with van der Waals surface area (Å²) in [5, 5.41) is 10.7. The number of nitrogens with zero attached hydrogens (tertiary/aromatic N) is 16. The van der Waals surface area contributed by atoms with Crippen molar-refractivity contribution < 1.29 is 27.6 Å². The molecule has 123 heavy (non-hydrogen) atoms. The Balaban J connectivity index is 0.000000104. The summed E-state index contributed by atoms with van der Waals surface area (Å²) in [5.41, 5.74) is 23.9. The van der Waals surface area contributed by atoms with Crippen molar-refractivity contribution in [3.05, 3.63) is 272 Å². The second-order valence-electron chi connectivity index (χ2n) is 33.1. The standard InChI is InChI=1S/C23H23N3O.C22H22N4O.C21H19N3O.C19H21N3O.C17H17N3O/c1-14(2)25-16(4)26(20-10-6-5-9-19(20)25)21-15(3)11-12-17-18-8-7-13-24-23(18)27-22(17)21;1-13(2)25-15(4)26(22-21(25)23-11-12-24-22)19-14(3)9-10-17-16-7-5-6-8-18(16)27-20(17)19;1-13-10-11-15-16-7-6-12-22-21(16)25-20(15)19(13)24-14(2)23(3)17-8-4-5-9-18(17)24;1-12(2)21-10-11-22(14(21)4)17-13(3)7-8-15-16-6-5-9-20-19(16)23-18(15)17;1-11-6-7-13-14-5-4-8-18-17(14)21-16(13)15(11)20-10-9-19(3)12(20)2/h5-14,16H,1-4H3;5-13,15H,1-4H3;4-12,14H,1-3H3;5-12,14H,1-4H3;4-10,12H,1-3H3/i;1D3,13D;;;. The third-order valence-corrected chi connectivity index (χ3v) is 25.1. The molecule has 6 unspecified atom stereocenters. The lowest BCUT2D eigenvalue weighted by atomic mass is 10.1. The largest absolute Gasteiger partial charge is 0.454 e. The van der Waals surface area contributed by atoms with Crippen LogP contribution in [-0.4, -0.2) is 103 Å². The fourth-order valence-electron chi connectivity index (χ4n) is 18.9. The van der Waals surface area contributed by atoms with Crippen molar-refractivity contribution in [1.82, 2.24) is 39.7 Å². The molecule has 620 valence electrons. The van der Waals surface area contributed by atoms with Gasteiger partial charge in [0.05, 0.1) is 52.6 Å². The molecule has 0 fully saturated rings. The molecule has 0 aliphatic carbocycles. The summed E-state index contributed by atoms with van der Waals surface area (Å²) in [6.45, 7) is 29.0. The zero-order valence-corrected chi connectivity index (χ0v) is 72.3. The number of para-hydroxylation sites is 5. The average Bonchev–Trinajstić information content (AvgIpc) is 1.58. The molecule has 0 saturated carbocycles. The molecule has 5 aliphatic rings. The molecule has 8 aromatic carbocycles. The Labute approximate surface area is 721 Å². The number of benzene rings is 8. The van der Waals surface area contributed by atoms with E-state index in [1.165, 1.54) is 63.0 Å². The first-order chi connectivity index (χ1) is 61.1. The molecular formula is C102H102N16O5. The molecule has 0 saturated heterocycles. The normalized spacial score (nSPS) is 18.3. The van der Waals surface area contributed by atoms with Gasteiger partial charge in [0, 0.05) is 152 Å². The van der Waals surface area contributed by atoms with Crippen LogP contribution in [0, 0.1) is 34.6 Å². The van der Waals surface area contributed by atoms with Gasteiger partial charge in [-0.15, -0.1) is 0 Å². The van der Waals surface area contributed by atoms with E-state index in [1.54, 1.807) is 31.0 Å². The lowest BCUT2D eigenvalue weighted by Gasteiger charge is -2.33. The highest BCUT2D eigenvalue weighted by Gasteiger charge is 2.42. The van der Waals surface area contributed by atoms with E-state index in [2.05, 4.69) is 312 Å². The molecule has 0 amide bonds. The monoisotopic (exact) mass is 1630 g/mol. The Kier molecular flexibility index (Phi) is 18.8. The summed E-state index contributed by atoms with van der Waals surface area (Å²) in [4.78, 5) is 48.5. The summed E-state index contributed by atoms with van der Waals surface area (Å²) in [7, 11) is 4.22. The van der Waals surface area contributed by atoms with Gasteiger partial charge in [-0.25, -0.2) is 29.9 Å². The van der Waals surface area contributed by atoms with Crippen LogP contribution in [0.5, 0.6) is 0 Å². The smallest absolute Gasteiger partial charge is 0.227 e. The summed E-state index contributed by atoms with van der Waals surface area (Å²) in [5.74, 6) is 0.880. The van der Waals surface area contributed by atoms with Crippen LogP contribution in [0.1, 0.15) is 109 Å². The highest BCUT2D eigenvalue weighted by molar-refractivity contribution is 6.14. The molecule has 18 aromatic rings. The van der Waals surface area contributed by atoms with Crippen molar-refractivity contribution in [2.45, 2.75) is 160 Å². The Morgan fingerprint density at radius 2 is 0.691 bits per heavy atom. The Morgan fingerprint density at radius 1 is 0.317 bits per heavy atom. The van der Waals surface area contributed by atoms with Crippen molar-refractivity contribution in [1.29, 1.82) is 0 Å². The average molecular weight is 1640 g/mol. The van der Waals surface area contributed by atoms with E-state index in [-0.39, 0.29) is 24.7 Å². The second-order valence-corrected chi connectivity index (χ2v) is 33.1. The zero-order valence-electron chi connectivity index (χ0n) is 76.3. The first-order valence-electron chi connectivity index (χ1n) is 44.2. The minimum Gasteiger partial charge on any atom is -0.454 e. The minimum atomic E-state index is -2.55. The molecular weight excluding hydrogens is 1530 g/mol. The van der Waals surface area contributed by atoms with E-state index < -0.39 is 19.0 Å². The molecule has 0 spiro atoms. The molecule has 21 nitrogen and oxygen atoms in total. The Bertz CT molecular complexity index is 7370. The first kappa shape index (κ1) is 74.0. The maximum Gasteiger partial charge on any atom is 0.227 e. The van der Waals surface area contributed by atoms with Gasteiger partial charge in [0.15, 0.2) is 39.6 Å². The molecule has 23 rings (SSSR count). The van der Waals surface area contributed by atoms with Gasteiger partial charge in [0.25, 0.3) is 0 Å². The van der Waals surface area contributed by atoms with Gasteiger partial charge in [-0.1, -0.05) is 103 Å². The van der Waals surface area contributed by atoms with Crippen molar-refractivity contribution >= 4 is 173 Å². The highest BCUT2D eigenvalue weighted by Crippen LogP contribution is 2.53. The number of rotatable bonds is 8. The van der Waals surface area contributed by atoms with Gasteiger partial charge in [0.1, 0.15) is 36.4 Å². The summed E-state index contributed by atoms with van der Waals surface area (Å²) < 4.78 is 63.5. The maximum absolute atomic E-state index is 8.74. The van der Waals surface area contributed by atoms with E-state index >= 15 is 0 Å². The van der Waals surface area contributed by atoms with Crippen molar-refractivity contribution in [3.63, 3.8) is 0 Å². The molecule has 0 radical (unpaired) electrons. The van der Waals surface area contributed by atoms with E-state index in [0.29, 0.717) is 52.2 Å². The molecule has 5 aliphatic heterocycles. The SMILES string of the molecule is Cc1ccc2c(oc3ncccc32)c1N1C=CN(C(C)C)C1C.Cc1ccc2c(oc3ncccc32)c1N1C=CN(C)C1C.Cc1ccc2c(oc3ncccc32)c1N1c2ccccc2N(C(C)C)C1C.Cc1ccc2c(oc3ncccc32)c1N1c2ccccc2N(C)C1C.[2H]C([2H])([2H])C([2H])(C)N1c2nccnc2N(c2c(C)ccc3c2oc2ccccc23)C1C. The number of aryl methyl sites for hydroxylation is 5. The summed E-state index contributed by atoms with van der Waals surface area (Å²) in [6, 6.07) is 61.3. The zero-order chi connectivity index (χ0) is 88.7. The van der Waals surface area contributed by atoms with Crippen molar-refractivity contribution in [3.8, 4) is 0 Å². The highest BCUT2D eigenvalue weighted by atomic mass is 16.4. The number of anilines is 11. The molecule has 15 heterocycles. The maximum atomic E-state index is 8.74. The quantitative estimate of drug-likeness (QED) is 0.140. The molecule has 0 N–H and O–H groups in total. The van der Waals surface area contributed by atoms with Crippen LogP contribution < -0.4 is 39.2 Å². The van der Waals surface area contributed by atoms with E-state index in [4.69, 9.17) is 27.6 Å². The van der Waals surface area contributed by atoms with Gasteiger partial charge in [-0.2, -0.15) is 0 Å². The van der Waals surface area contributed by atoms with Crippen molar-refractivity contribution in [2.24, 2.45) is 0 Å². The third kappa shape index (κ3) is 13.0. The number of hydrogen-bond acceptors (Lipinski definition) is 21. The van der Waals surface area contributed by atoms with Gasteiger partial charge in [-0.3, -0.25) is 4.90 Å². The Hall–Kier alpha value is -14.1. The van der Waals surface area contributed by atoms with Crippen LogP contribution in [0.25, 0.3) is 110 Å². The van der Waals surface area contributed by atoms with Crippen LogP contribution in [0.3, 0.4) is 0 Å². The number of pyridine rings is 4. The second kappa shape index (κ2) is 31.2. The third-order valence-electron chi connectivity index (χ3n) is 25.1. The Morgan fingerprint density at radius 3 is 1.15 bits per heavy atom. The number of aromatic nitrogens is 6. The van der Waals surface area contributed by atoms with Crippen LogP contribution in [-0.2, 0) is 0 Å². The lowest BCUT2D eigenvalue weighted by Crippen LogP contribution is -2.42. The van der Waals surface area contributed by atoms with Crippen LogP contribution in [0.2, 0.25) is 0 Å². The van der Waals surface area contributed by atoms with Gasteiger partial charge in [-0.05, 0) is 217 Å². The molecule has 0 bridgehead atoms. The van der Waals surface area contributed by atoms with Crippen LogP contribution >= 0.6 is 0 Å². The van der Waals surface area contributed by atoms with Crippen LogP contribution in [0.15, 0.2) is 266 Å². The van der Waals surface area contributed by atoms with Crippen molar-refractivity contribution in [2.75, 3.05) is 53.3 Å². The van der Waals surface area contributed by atoms with E-state index in [1.807, 2.05) is 79.4 Å². The van der Waals surface area contributed by atoms with Crippen LogP contribution in [0.4, 0.5) is 62.8 Å². The van der Waals surface area contributed by atoms with Gasteiger partial charge in [0.2, 0.25) is 22.9 Å². The summed E-state index contributed by atoms with van der Waals surface area (Å²) >= 11 is 0. The summed E-state index contributed by atoms with van der Waals surface area (Å²) in [6.07, 6.45) is 19.1. The van der Waals surface area contributed by atoms with E-state index in [9.17, 15) is 0 Å². The molecule has 6 atom stereocenters. The molecule has 21 heteroatoms. The van der Waals surface area contributed by atoms with Gasteiger partial charge < -0.3 is 66.2 Å². The van der Waals surface area contributed by atoms with E-state index in [0.717, 1.165) is 116 Å².